The van der Waals surface area contributed by atoms with Gasteiger partial charge >= 0.3 is 17.8 Å². The molecule has 17 heteroatoms. The second kappa shape index (κ2) is 18.5. The third-order valence-electron chi connectivity index (χ3n) is 12.0. The van der Waals surface area contributed by atoms with Crippen molar-refractivity contribution in [1.29, 1.82) is 0 Å². The molecule has 5 heterocycles. The average Bonchev–Trinajstić information content (AvgIpc) is 3.96. The van der Waals surface area contributed by atoms with Crippen molar-refractivity contribution in [1.82, 2.24) is 46.0 Å². The van der Waals surface area contributed by atoms with Gasteiger partial charge in [0.05, 0.1) is 24.5 Å². The molecule has 0 radical (unpaired) electrons. The number of methoxy groups -OCH3 is 1. The van der Waals surface area contributed by atoms with Crippen molar-refractivity contribution in [2.75, 3.05) is 61.5 Å². The Balaban J connectivity index is 0.829. The fraction of sp³-hybridized carbons (Fsp3) is 0.404. The number of hydrogen-bond donors (Lipinski definition) is 5. The Morgan fingerprint density at radius 1 is 0.953 bits per heavy atom. The van der Waals surface area contributed by atoms with Crippen LogP contribution in [0, 0.1) is 19.8 Å². The van der Waals surface area contributed by atoms with Gasteiger partial charge in [-0.3, -0.25) is 19.8 Å². The van der Waals surface area contributed by atoms with Crippen LogP contribution in [-0.4, -0.2) is 94.3 Å². The largest absolute Gasteiger partial charge is 0.495 e. The number of aromatic nitrogens is 6. The predicted octanol–water partition coefficient (Wildman–Crippen LogP) is 6.85. The summed E-state index contributed by atoms with van der Waals surface area (Å²) in [7, 11) is 1.66. The normalized spacial score (nSPS) is 15.4. The molecule has 0 spiro atoms. The maximum Gasteiger partial charge on any atom is 0.328 e. The minimum absolute atomic E-state index is 0.0638. The first-order chi connectivity index (χ1) is 30.7. The first kappa shape index (κ1) is 43.8. The number of hydrogen-bond acceptors (Lipinski definition) is 13. The van der Waals surface area contributed by atoms with Gasteiger partial charge in [-0.25, -0.2) is 19.7 Å². The van der Waals surface area contributed by atoms with Crippen LogP contribution in [0.5, 0.6) is 5.75 Å². The summed E-state index contributed by atoms with van der Waals surface area (Å²) < 4.78 is 11.0. The van der Waals surface area contributed by atoms with E-state index in [1.807, 2.05) is 84.0 Å². The number of benzene rings is 3. The first-order valence-corrected chi connectivity index (χ1v) is 21.8. The summed E-state index contributed by atoms with van der Waals surface area (Å²) in [6, 6.07) is 17.5. The van der Waals surface area contributed by atoms with Gasteiger partial charge in [-0.2, -0.15) is 4.98 Å². The fourth-order valence-corrected chi connectivity index (χ4v) is 8.35. The van der Waals surface area contributed by atoms with Gasteiger partial charge in [-0.1, -0.05) is 38.1 Å². The highest BCUT2D eigenvalue weighted by atomic mass is 16.5. The van der Waals surface area contributed by atoms with Crippen LogP contribution in [0.2, 0.25) is 0 Å². The zero-order valence-electron chi connectivity index (χ0n) is 37.5. The van der Waals surface area contributed by atoms with E-state index < -0.39 is 5.91 Å². The Morgan fingerprint density at radius 2 is 1.75 bits per heavy atom. The number of H-pyrrole nitrogens is 1. The van der Waals surface area contributed by atoms with Crippen LogP contribution in [0.25, 0.3) is 33.8 Å². The molecular weight excluding hydrogens is 813 g/mol. The number of nitrogens with zero attached hydrogens (tertiary/aromatic N) is 7. The number of ether oxygens (including phenoxy) is 1. The Bertz CT molecular complexity index is 2680. The van der Waals surface area contributed by atoms with Gasteiger partial charge in [0.15, 0.2) is 11.5 Å². The van der Waals surface area contributed by atoms with Crippen molar-refractivity contribution in [2.24, 2.45) is 5.92 Å². The molecule has 4 amide bonds. The summed E-state index contributed by atoms with van der Waals surface area (Å²) >= 11 is 0. The van der Waals surface area contributed by atoms with E-state index in [9.17, 15) is 14.4 Å². The van der Waals surface area contributed by atoms with E-state index in [-0.39, 0.29) is 29.3 Å². The van der Waals surface area contributed by atoms with Gasteiger partial charge in [0, 0.05) is 67.1 Å². The number of imidazole rings is 1. The van der Waals surface area contributed by atoms with E-state index in [4.69, 9.17) is 14.2 Å². The molecule has 2 fully saturated rings. The molecular formula is C47H56N12O5. The molecule has 17 nitrogen and oxygen atoms in total. The molecule has 1 atom stereocenters. The highest BCUT2D eigenvalue weighted by Gasteiger charge is 2.28. The van der Waals surface area contributed by atoms with Gasteiger partial charge in [0.1, 0.15) is 23.4 Å². The van der Waals surface area contributed by atoms with Gasteiger partial charge in [-0.15, -0.1) is 0 Å². The summed E-state index contributed by atoms with van der Waals surface area (Å²) in [5.74, 6) is 1.70. The van der Waals surface area contributed by atoms with Crippen molar-refractivity contribution in [3.05, 3.63) is 89.3 Å². The molecule has 2 aliphatic rings. The summed E-state index contributed by atoms with van der Waals surface area (Å²) in [5, 5.41) is 16.5. The van der Waals surface area contributed by atoms with Crippen molar-refractivity contribution in [2.45, 2.75) is 72.3 Å². The quantitative estimate of drug-likeness (QED) is 0.0711. The molecule has 334 valence electrons. The van der Waals surface area contributed by atoms with E-state index in [1.54, 1.807) is 12.0 Å². The molecule has 0 aliphatic carbocycles. The lowest BCUT2D eigenvalue weighted by molar-refractivity contribution is -0.120. The maximum atomic E-state index is 12.9. The Kier molecular flexibility index (Phi) is 12.6. The third kappa shape index (κ3) is 9.54. The van der Waals surface area contributed by atoms with Crippen molar-refractivity contribution >= 4 is 46.1 Å². The standard InChI is InChI=1S/C47H56N12O5/c1-27-22-31(8-11-34(27)29(3)52-43(61)44-56-45(57-64-44)47(4,5)6)39-40-42(51-26-50-39)55-41(54-40)32-9-12-35(37(24-32)63-7)49-18-17-48-25-30-14-19-58(20-15-30)33-10-13-36(28(2)23-33)59-21-16-38(60)53-46(59)62/h8-13,22-24,26,29-30,48-49H,14-21,25H2,1-7H3,(H,52,61)(H,53,60,62)(H,50,51,54,55)/t29-/m1/s1. The maximum absolute atomic E-state index is 12.9. The second-order valence-corrected chi connectivity index (χ2v) is 17.6. The molecule has 8 rings (SSSR count). The number of carbonyl (C=O) groups is 3. The number of fused-ring (bicyclic) bond motifs is 1. The van der Waals surface area contributed by atoms with Crippen molar-refractivity contribution in [3.63, 3.8) is 0 Å². The van der Waals surface area contributed by atoms with Crippen molar-refractivity contribution in [3.8, 4) is 28.4 Å². The number of imide groups is 1. The molecule has 3 aromatic carbocycles. The Hall–Kier alpha value is -6.88. The van der Waals surface area contributed by atoms with Crippen LogP contribution in [-0.2, 0) is 10.2 Å². The number of nitrogens with one attached hydrogen (secondary N) is 5. The summed E-state index contributed by atoms with van der Waals surface area (Å²) in [5.41, 5.74) is 9.21. The highest BCUT2D eigenvalue weighted by Crippen LogP contribution is 2.34. The van der Waals surface area contributed by atoms with Crippen LogP contribution in [0.3, 0.4) is 0 Å². The first-order valence-electron chi connectivity index (χ1n) is 21.8. The number of aromatic amines is 1. The molecule has 0 unspecified atom stereocenters. The van der Waals surface area contributed by atoms with Crippen LogP contribution in [0.4, 0.5) is 21.9 Å². The fourth-order valence-electron chi connectivity index (χ4n) is 8.35. The SMILES string of the molecule is COc1cc(-c2nc3ncnc(-c4ccc([C@@H](C)NC(=O)c5nc(C(C)(C)C)no5)c(C)c4)c3[nH]2)ccc1NCCNCC1CCN(c2ccc(N3CCC(=O)NC3=O)c(C)c2)CC1. The monoisotopic (exact) mass is 868 g/mol. The van der Waals surface area contributed by atoms with E-state index in [2.05, 4.69) is 63.4 Å². The van der Waals surface area contributed by atoms with Crippen LogP contribution < -0.4 is 35.8 Å². The molecule has 5 N–H and O–H groups in total. The third-order valence-corrected chi connectivity index (χ3v) is 12.0. The lowest BCUT2D eigenvalue weighted by atomic mass is 9.96. The van der Waals surface area contributed by atoms with E-state index in [1.165, 1.54) is 6.33 Å². The average molecular weight is 869 g/mol. The Labute approximate surface area is 372 Å². The van der Waals surface area contributed by atoms with Crippen molar-refractivity contribution < 1.29 is 23.6 Å². The number of carbonyl (C=O) groups excluding carboxylic acids is 3. The molecule has 3 aromatic heterocycles. The minimum atomic E-state index is -0.427. The molecule has 6 aromatic rings. The topological polar surface area (TPSA) is 208 Å². The van der Waals surface area contributed by atoms with Gasteiger partial charge in [0.2, 0.25) is 5.91 Å². The molecule has 64 heavy (non-hydrogen) atoms. The number of rotatable bonds is 14. The van der Waals surface area contributed by atoms with E-state index >= 15 is 0 Å². The number of piperidine rings is 1. The number of amides is 4. The smallest absolute Gasteiger partial charge is 0.328 e. The highest BCUT2D eigenvalue weighted by molar-refractivity contribution is 6.06. The zero-order valence-corrected chi connectivity index (χ0v) is 37.5. The van der Waals surface area contributed by atoms with Crippen LogP contribution in [0.1, 0.15) is 86.2 Å². The Morgan fingerprint density at radius 3 is 2.47 bits per heavy atom. The molecule has 0 bridgehead atoms. The molecule has 0 saturated carbocycles. The molecule has 2 saturated heterocycles. The van der Waals surface area contributed by atoms with Crippen LogP contribution in [0.15, 0.2) is 65.4 Å². The number of anilines is 3. The zero-order chi connectivity index (χ0) is 45.1. The number of aryl methyl sites for hydroxylation is 2. The summed E-state index contributed by atoms with van der Waals surface area (Å²) in [6.07, 6.45) is 4.02. The van der Waals surface area contributed by atoms with Crippen LogP contribution >= 0.6 is 0 Å². The lowest BCUT2D eigenvalue weighted by Crippen LogP contribution is -2.49. The molecule has 2 aliphatic heterocycles. The van der Waals surface area contributed by atoms with Gasteiger partial charge < -0.3 is 35.1 Å². The second-order valence-electron chi connectivity index (χ2n) is 17.6. The van der Waals surface area contributed by atoms with E-state index in [0.29, 0.717) is 53.1 Å². The number of urea groups is 1. The van der Waals surface area contributed by atoms with Gasteiger partial charge in [-0.05, 0) is 105 Å². The predicted molar refractivity (Wildman–Crippen MR) is 246 cm³/mol. The van der Waals surface area contributed by atoms with E-state index in [0.717, 1.165) is 90.4 Å². The summed E-state index contributed by atoms with van der Waals surface area (Å²) in [6.45, 7) is 16.6. The lowest BCUT2D eigenvalue weighted by Gasteiger charge is -2.34. The minimum Gasteiger partial charge on any atom is -0.495 e. The summed E-state index contributed by atoms with van der Waals surface area (Å²) in [4.78, 5) is 62.6. The van der Waals surface area contributed by atoms with Gasteiger partial charge in [0.25, 0.3) is 0 Å².